The minimum Gasteiger partial charge on any atom is -0.391 e. The molecule has 0 aromatic heterocycles. The Balaban J connectivity index is 2.11. The number of carbonyl (C=O) groups is 1. The Hall–Kier alpha value is -3.46. The lowest BCUT2D eigenvalue weighted by Gasteiger charge is -2.22. The quantitative estimate of drug-likeness (QED) is 0.265. The highest BCUT2D eigenvalue weighted by molar-refractivity contribution is 6.46. The number of nitrogens with one attached hydrogen (secondary N) is 3. The van der Waals surface area contributed by atoms with Gasteiger partial charge in [0, 0.05) is 24.6 Å². The number of carbonyl (C=O) groups excluding carboxylic acids is 1. The second-order valence-corrected chi connectivity index (χ2v) is 7.51. The van der Waals surface area contributed by atoms with Gasteiger partial charge < -0.3 is 10.2 Å². The lowest BCUT2D eigenvalue weighted by Crippen LogP contribution is -2.30. The summed E-state index contributed by atoms with van der Waals surface area (Å²) in [6.45, 7) is 7.98. The maximum atomic E-state index is 12.0. The van der Waals surface area contributed by atoms with Gasteiger partial charge >= 0.3 is 0 Å². The van der Waals surface area contributed by atoms with Crippen LogP contribution in [0.15, 0.2) is 51.7 Å². The molecule has 0 fully saturated rings. The van der Waals surface area contributed by atoms with E-state index in [4.69, 9.17) is 15.7 Å². The molecule has 2 rings (SSSR count). The molecule has 0 unspecified atom stereocenters. The van der Waals surface area contributed by atoms with Crippen LogP contribution in [0, 0.1) is 22.7 Å². The Morgan fingerprint density at radius 3 is 2.39 bits per heavy atom. The standard InChI is InChI=1S/C25H30N4O2/c1-6-7-8-19-9-11-20(12-10-19)23(26)18(4)29-31-15-21-13-16(2)17(3)14-22(21)24(27)25(30)28-5/h9-12,26-27H,6,13-15H2,1-5H3,(H,28,30)/b26-23?,27-24?,29-18+. The van der Waals surface area contributed by atoms with Crippen molar-refractivity contribution in [1.82, 2.24) is 5.32 Å². The van der Waals surface area contributed by atoms with E-state index in [9.17, 15) is 4.79 Å². The first-order valence-electron chi connectivity index (χ1n) is 10.3. The fourth-order valence-corrected chi connectivity index (χ4v) is 3.16. The van der Waals surface area contributed by atoms with E-state index in [2.05, 4.69) is 22.3 Å². The van der Waals surface area contributed by atoms with E-state index in [1.54, 1.807) is 6.92 Å². The third-order valence-corrected chi connectivity index (χ3v) is 5.22. The van der Waals surface area contributed by atoms with Crippen LogP contribution >= 0.6 is 0 Å². The lowest BCUT2D eigenvalue weighted by atomic mass is 9.85. The Kier molecular flexibility index (Phi) is 8.51. The lowest BCUT2D eigenvalue weighted by molar-refractivity contribution is -0.114. The highest BCUT2D eigenvalue weighted by Gasteiger charge is 2.23. The predicted octanol–water partition coefficient (Wildman–Crippen LogP) is 4.40. The molecule has 0 saturated carbocycles. The average molecular weight is 419 g/mol. The third kappa shape index (κ3) is 6.26. The van der Waals surface area contributed by atoms with E-state index in [-0.39, 0.29) is 18.0 Å². The Morgan fingerprint density at radius 2 is 1.77 bits per heavy atom. The van der Waals surface area contributed by atoms with E-state index >= 15 is 0 Å². The highest BCUT2D eigenvalue weighted by Crippen LogP contribution is 2.30. The van der Waals surface area contributed by atoms with Gasteiger partial charge in [-0.2, -0.15) is 0 Å². The summed E-state index contributed by atoms with van der Waals surface area (Å²) in [4.78, 5) is 17.5. The van der Waals surface area contributed by atoms with Gasteiger partial charge in [-0.05, 0) is 56.9 Å². The van der Waals surface area contributed by atoms with Gasteiger partial charge in [-0.25, -0.2) is 0 Å². The van der Waals surface area contributed by atoms with Gasteiger partial charge in [-0.3, -0.25) is 15.6 Å². The second-order valence-electron chi connectivity index (χ2n) is 7.51. The van der Waals surface area contributed by atoms with Gasteiger partial charge in [0.15, 0.2) is 0 Å². The molecule has 162 valence electrons. The Bertz CT molecular complexity index is 1030. The largest absolute Gasteiger partial charge is 0.391 e. The molecule has 0 aliphatic heterocycles. The molecule has 3 N–H and O–H groups in total. The molecular weight excluding hydrogens is 388 g/mol. The smallest absolute Gasteiger partial charge is 0.269 e. The summed E-state index contributed by atoms with van der Waals surface area (Å²) in [6, 6.07) is 7.48. The topological polar surface area (TPSA) is 98.4 Å². The maximum absolute atomic E-state index is 12.0. The Labute approximate surface area is 184 Å². The molecule has 1 aliphatic carbocycles. The molecule has 0 saturated heterocycles. The molecule has 31 heavy (non-hydrogen) atoms. The van der Waals surface area contributed by atoms with Crippen LogP contribution in [0.5, 0.6) is 0 Å². The fourth-order valence-electron chi connectivity index (χ4n) is 3.16. The first-order chi connectivity index (χ1) is 14.8. The highest BCUT2D eigenvalue weighted by atomic mass is 16.6. The van der Waals surface area contributed by atoms with Crippen molar-refractivity contribution in [3.05, 3.63) is 57.7 Å². The molecule has 1 amide bonds. The van der Waals surface area contributed by atoms with Crippen LogP contribution in [0.3, 0.4) is 0 Å². The number of rotatable bonds is 7. The first kappa shape index (κ1) is 23.8. The van der Waals surface area contributed by atoms with Crippen molar-refractivity contribution >= 4 is 23.0 Å². The van der Waals surface area contributed by atoms with Crippen LogP contribution in [0.25, 0.3) is 0 Å². The number of amides is 1. The molecule has 6 nitrogen and oxygen atoms in total. The summed E-state index contributed by atoms with van der Waals surface area (Å²) in [5, 5.41) is 23.2. The van der Waals surface area contributed by atoms with Gasteiger partial charge in [0.2, 0.25) is 0 Å². The second kappa shape index (κ2) is 11.1. The minimum absolute atomic E-state index is 0.0346. The summed E-state index contributed by atoms with van der Waals surface area (Å²) >= 11 is 0. The van der Waals surface area contributed by atoms with Crippen molar-refractivity contribution in [2.24, 2.45) is 5.16 Å². The van der Waals surface area contributed by atoms with Gasteiger partial charge in [-0.15, -0.1) is 0 Å². The van der Waals surface area contributed by atoms with Gasteiger partial charge in [-0.1, -0.05) is 47.2 Å². The SMILES string of the molecule is CCC#Cc1ccc(C(=N)/C(C)=N/OCC2=C(C(=N)C(=O)NC)CC(C)=C(C)C2)cc1. The molecule has 6 heteroatoms. The third-order valence-electron chi connectivity index (χ3n) is 5.22. The molecule has 0 heterocycles. The number of benzene rings is 1. The van der Waals surface area contributed by atoms with Crippen LogP contribution in [0.1, 0.15) is 58.1 Å². The maximum Gasteiger partial charge on any atom is 0.269 e. The van der Waals surface area contributed by atoms with Crippen LogP contribution in [0.4, 0.5) is 0 Å². The van der Waals surface area contributed by atoms with Crippen molar-refractivity contribution in [1.29, 1.82) is 10.8 Å². The molecule has 1 aliphatic rings. The van der Waals surface area contributed by atoms with Crippen molar-refractivity contribution in [2.75, 3.05) is 13.7 Å². The number of hydrogen-bond donors (Lipinski definition) is 3. The van der Waals surface area contributed by atoms with Crippen LogP contribution in [-0.4, -0.2) is 36.7 Å². The number of allylic oxidation sites excluding steroid dienone is 2. The summed E-state index contributed by atoms with van der Waals surface area (Å²) in [7, 11) is 1.52. The Morgan fingerprint density at radius 1 is 1.13 bits per heavy atom. The number of oxime groups is 1. The first-order valence-corrected chi connectivity index (χ1v) is 10.3. The van der Waals surface area contributed by atoms with Crippen molar-refractivity contribution in [3.8, 4) is 11.8 Å². The van der Waals surface area contributed by atoms with Crippen LogP contribution in [-0.2, 0) is 9.63 Å². The van der Waals surface area contributed by atoms with Crippen molar-refractivity contribution < 1.29 is 9.63 Å². The summed E-state index contributed by atoms with van der Waals surface area (Å²) in [5.74, 6) is 5.68. The minimum atomic E-state index is -0.409. The zero-order valence-electron chi connectivity index (χ0n) is 18.9. The van der Waals surface area contributed by atoms with E-state index in [0.29, 0.717) is 24.1 Å². The van der Waals surface area contributed by atoms with Gasteiger partial charge in [0.1, 0.15) is 18.0 Å². The number of nitrogens with zero attached hydrogens (tertiary/aromatic N) is 1. The molecular formula is C25H30N4O2. The average Bonchev–Trinajstić information content (AvgIpc) is 2.78. The summed E-state index contributed by atoms with van der Waals surface area (Å²) < 4.78 is 0. The van der Waals surface area contributed by atoms with Crippen molar-refractivity contribution in [2.45, 2.75) is 47.0 Å². The predicted molar refractivity (Wildman–Crippen MR) is 126 cm³/mol. The number of hydrogen-bond acceptors (Lipinski definition) is 5. The normalized spacial score (nSPS) is 14.0. The zero-order valence-corrected chi connectivity index (χ0v) is 18.9. The molecule has 0 spiro atoms. The van der Waals surface area contributed by atoms with E-state index in [1.807, 2.05) is 45.0 Å². The van der Waals surface area contributed by atoms with Crippen LogP contribution in [0.2, 0.25) is 0 Å². The van der Waals surface area contributed by atoms with Crippen molar-refractivity contribution in [3.63, 3.8) is 0 Å². The molecule has 0 radical (unpaired) electrons. The molecule has 0 atom stereocenters. The van der Waals surface area contributed by atoms with Gasteiger partial charge in [0.05, 0.1) is 5.71 Å². The molecule has 0 bridgehead atoms. The molecule has 1 aromatic rings. The van der Waals surface area contributed by atoms with E-state index in [1.165, 1.54) is 18.2 Å². The summed E-state index contributed by atoms with van der Waals surface area (Å²) in [5.41, 5.74) is 6.29. The fraction of sp³-hybridized carbons (Fsp3) is 0.360. The molecule has 1 aromatic carbocycles. The summed E-state index contributed by atoms with van der Waals surface area (Å²) in [6.07, 6.45) is 2.01. The van der Waals surface area contributed by atoms with E-state index in [0.717, 1.165) is 23.1 Å². The van der Waals surface area contributed by atoms with Gasteiger partial charge in [0.25, 0.3) is 5.91 Å². The monoisotopic (exact) mass is 418 g/mol. The van der Waals surface area contributed by atoms with E-state index < -0.39 is 5.91 Å². The zero-order chi connectivity index (χ0) is 23.0. The van der Waals surface area contributed by atoms with Crippen LogP contribution < -0.4 is 5.32 Å².